The number of hydrogen-bond acceptors (Lipinski definition) is 2. The third-order valence-corrected chi connectivity index (χ3v) is 3.44. The summed E-state index contributed by atoms with van der Waals surface area (Å²) in [5.74, 6) is 1.57. The Bertz CT molecular complexity index is 543. The van der Waals surface area contributed by atoms with Crippen molar-refractivity contribution in [2.45, 2.75) is 19.9 Å². The Hall–Kier alpha value is -1.42. The van der Waals surface area contributed by atoms with Gasteiger partial charge in [-0.1, -0.05) is 0 Å². The molecule has 0 spiro atoms. The fourth-order valence-corrected chi connectivity index (χ4v) is 2.41. The fourth-order valence-electron chi connectivity index (χ4n) is 2.41. The minimum Gasteiger partial charge on any atom is -0.328 e. The molecule has 0 aliphatic carbocycles. The van der Waals surface area contributed by atoms with Crippen LogP contribution in [0.2, 0.25) is 0 Å². The maximum absolute atomic E-state index is 13.3. The lowest BCUT2D eigenvalue weighted by molar-refractivity contribution is 0.338. The molecule has 1 aliphatic rings. The molecule has 4 heteroatoms. The number of halogens is 1. The predicted molar refractivity (Wildman–Crippen MR) is 65.4 cm³/mol. The van der Waals surface area contributed by atoms with Gasteiger partial charge in [0.25, 0.3) is 0 Å². The van der Waals surface area contributed by atoms with Gasteiger partial charge in [0.2, 0.25) is 0 Å². The standard InChI is InChI=1S/C13H16FN3/c1-2-17-12-6-10(14)3-4-11(12)16-13(17)5-9-7-15-8-9/h3-4,6,9,15H,2,5,7-8H2,1H3. The summed E-state index contributed by atoms with van der Waals surface area (Å²) in [7, 11) is 0. The average Bonchev–Trinajstić information content (AvgIpc) is 2.60. The van der Waals surface area contributed by atoms with E-state index in [1.807, 2.05) is 0 Å². The molecule has 1 aliphatic heterocycles. The van der Waals surface area contributed by atoms with Gasteiger partial charge < -0.3 is 9.88 Å². The minimum atomic E-state index is -0.191. The summed E-state index contributed by atoms with van der Waals surface area (Å²) in [4.78, 5) is 4.61. The summed E-state index contributed by atoms with van der Waals surface area (Å²) in [5, 5.41) is 3.26. The Balaban J connectivity index is 2.04. The molecule has 1 aromatic heterocycles. The number of nitrogens with one attached hydrogen (secondary N) is 1. The van der Waals surface area contributed by atoms with E-state index in [4.69, 9.17) is 0 Å². The van der Waals surface area contributed by atoms with E-state index >= 15 is 0 Å². The molecular formula is C13H16FN3. The van der Waals surface area contributed by atoms with E-state index in [1.165, 1.54) is 6.07 Å². The predicted octanol–water partition coefficient (Wildman–Crippen LogP) is 1.96. The number of aryl methyl sites for hydroxylation is 1. The highest BCUT2D eigenvalue weighted by molar-refractivity contribution is 5.76. The minimum absolute atomic E-state index is 0.191. The molecule has 2 aromatic rings. The van der Waals surface area contributed by atoms with Crippen molar-refractivity contribution in [1.82, 2.24) is 14.9 Å². The smallest absolute Gasteiger partial charge is 0.125 e. The fraction of sp³-hybridized carbons (Fsp3) is 0.462. The van der Waals surface area contributed by atoms with Crippen molar-refractivity contribution in [3.05, 3.63) is 29.8 Å². The molecule has 2 heterocycles. The zero-order valence-electron chi connectivity index (χ0n) is 9.91. The lowest BCUT2D eigenvalue weighted by Crippen LogP contribution is -2.43. The van der Waals surface area contributed by atoms with Crippen LogP contribution in [0, 0.1) is 11.7 Å². The molecule has 3 rings (SSSR count). The summed E-state index contributed by atoms with van der Waals surface area (Å²) >= 11 is 0. The van der Waals surface area contributed by atoms with Gasteiger partial charge in [-0.25, -0.2) is 9.37 Å². The zero-order chi connectivity index (χ0) is 11.8. The first-order chi connectivity index (χ1) is 8.28. The van der Waals surface area contributed by atoms with Crippen LogP contribution in [-0.2, 0) is 13.0 Å². The summed E-state index contributed by atoms with van der Waals surface area (Å²) in [6.07, 6.45) is 0.983. The maximum Gasteiger partial charge on any atom is 0.125 e. The van der Waals surface area contributed by atoms with E-state index < -0.39 is 0 Å². The molecule has 1 fully saturated rings. The lowest BCUT2D eigenvalue weighted by Gasteiger charge is -2.26. The molecule has 1 saturated heterocycles. The van der Waals surface area contributed by atoms with Crippen LogP contribution in [0.15, 0.2) is 18.2 Å². The molecule has 17 heavy (non-hydrogen) atoms. The van der Waals surface area contributed by atoms with E-state index in [0.29, 0.717) is 5.92 Å². The summed E-state index contributed by atoms with van der Waals surface area (Å²) < 4.78 is 15.4. The number of benzene rings is 1. The number of fused-ring (bicyclic) bond motifs is 1. The highest BCUT2D eigenvalue weighted by atomic mass is 19.1. The topological polar surface area (TPSA) is 29.9 Å². The van der Waals surface area contributed by atoms with Gasteiger partial charge in [-0.2, -0.15) is 0 Å². The molecular weight excluding hydrogens is 217 g/mol. The van der Waals surface area contributed by atoms with Crippen molar-refractivity contribution < 1.29 is 4.39 Å². The van der Waals surface area contributed by atoms with Gasteiger partial charge in [0, 0.05) is 13.0 Å². The Morgan fingerprint density at radius 2 is 2.29 bits per heavy atom. The molecule has 90 valence electrons. The van der Waals surface area contributed by atoms with E-state index in [-0.39, 0.29) is 5.82 Å². The van der Waals surface area contributed by atoms with E-state index in [9.17, 15) is 4.39 Å². The average molecular weight is 233 g/mol. The molecule has 0 saturated carbocycles. The third kappa shape index (κ3) is 1.82. The van der Waals surface area contributed by atoms with Crippen molar-refractivity contribution >= 4 is 11.0 Å². The number of nitrogens with zero attached hydrogens (tertiary/aromatic N) is 2. The SMILES string of the molecule is CCn1c(CC2CNC2)nc2ccc(F)cc21. The number of aromatic nitrogens is 2. The lowest BCUT2D eigenvalue weighted by atomic mass is 9.99. The molecule has 0 atom stereocenters. The Labute approximate surface area is 99.7 Å². The molecule has 1 N–H and O–H groups in total. The van der Waals surface area contributed by atoms with Crippen molar-refractivity contribution in [2.24, 2.45) is 5.92 Å². The first-order valence-electron chi connectivity index (χ1n) is 6.13. The third-order valence-electron chi connectivity index (χ3n) is 3.44. The van der Waals surface area contributed by atoms with E-state index in [1.54, 1.807) is 12.1 Å². The van der Waals surface area contributed by atoms with E-state index in [2.05, 4.69) is 21.8 Å². The summed E-state index contributed by atoms with van der Waals surface area (Å²) in [6, 6.07) is 4.82. The largest absolute Gasteiger partial charge is 0.328 e. The van der Waals surface area contributed by atoms with Gasteiger partial charge >= 0.3 is 0 Å². The second-order valence-corrected chi connectivity index (χ2v) is 4.63. The highest BCUT2D eigenvalue weighted by Gasteiger charge is 2.20. The maximum atomic E-state index is 13.3. The summed E-state index contributed by atoms with van der Waals surface area (Å²) in [6.45, 7) is 5.06. The molecule has 1 aromatic carbocycles. The van der Waals surface area contributed by atoms with Crippen molar-refractivity contribution in [3.63, 3.8) is 0 Å². The van der Waals surface area contributed by atoms with Crippen LogP contribution < -0.4 is 5.32 Å². The first kappa shape index (κ1) is 10.7. The van der Waals surface area contributed by atoms with Gasteiger partial charge in [0.05, 0.1) is 11.0 Å². The van der Waals surface area contributed by atoms with Gasteiger partial charge in [-0.15, -0.1) is 0 Å². The van der Waals surface area contributed by atoms with Crippen LogP contribution in [0.4, 0.5) is 4.39 Å². The van der Waals surface area contributed by atoms with Crippen LogP contribution >= 0.6 is 0 Å². The quantitative estimate of drug-likeness (QED) is 0.878. The number of imidazole rings is 1. The monoisotopic (exact) mass is 233 g/mol. The summed E-state index contributed by atoms with van der Waals surface area (Å²) in [5.41, 5.74) is 1.81. The first-order valence-corrected chi connectivity index (χ1v) is 6.13. The normalized spacial score (nSPS) is 16.4. The molecule has 0 radical (unpaired) electrons. The van der Waals surface area contributed by atoms with E-state index in [0.717, 1.165) is 42.9 Å². The van der Waals surface area contributed by atoms with Gasteiger partial charge in [-0.05, 0) is 44.1 Å². The second kappa shape index (κ2) is 4.11. The zero-order valence-corrected chi connectivity index (χ0v) is 9.91. The molecule has 0 bridgehead atoms. The molecule has 3 nitrogen and oxygen atoms in total. The Kier molecular flexibility index (Phi) is 2.59. The van der Waals surface area contributed by atoms with Crippen LogP contribution in [0.5, 0.6) is 0 Å². The van der Waals surface area contributed by atoms with Crippen LogP contribution in [-0.4, -0.2) is 22.6 Å². The van der Waals surface area contributed by atoms with Gasteiger partial charge in [-0.3, -0.25) is 0 Å². The van der Waals surface area contributed by atoms with Crippen molar-refractivity contribution in [1.29, 1.82) is 0 Å². The van der Waals surface area contributed by atoms with Crippen LogP contribution in [0.1, 0.15) is 12.7 Å². The van der Waals surface area contributed by atoms with Crippen molar-refractivity contribution in [2.75, 3.05) is 13.1 Å². The van der Waals surface area contributed by atoms with Crippen LogP contribution in [0.3, 0.4) is 0 Å². The van der Waals surface area contributed by atoms with Gasteiger partial charge in [0.15, 0.2) is 0 Å². The molecule has 0 unspecified atom stereocenters. The van der Waals surface area contributed by atoms with Crippen LogP contribution in [0.25, 0.3) is 11.0 Å². The number of rotatable bonds is 3. The molecule has 0 amide bonds. The van der Waals surface area contributed by atoms with Crippen molar-refractivity contribution in [3.8, 4) is 0 Å². The number of hydrogen-bond donors (Lipinski definition) is 1. The van der Waals surface area contributed by atoms with Gasteiger partial charge in [0.1, 0.15) is 11.6 Å². The Morgan fingerprint density at radius 1 is 1.47 bits per heavy atom. The highest BCUT2D eigenvalue weighted by Crippen LogP contribution is 2.20. The second-order valence-electron chi connectivity index (χ2n) is 4.63. The Morgan fingerprint density at radius 3 is 2.94 bits per heavy atom.